The van der Waals surface area contributed by atoms with Gasteiger partial charge in [0.05, 0.1) is 12.0 Å². The molecule has 3 rings (SSSR count). The maximum absolute atomic E-state index is 12.9. The topological polar surface area (TPSA) is 82.7 Å². The Bertz CT molecular complexity index is 629. The van der Waals surface area contributed by atoms with Crippen molar-refractivity contribution in [2.45, 2.75) is 19.3 Å². The Morgan fingerprint density at radius 3 is 2.77 bits per heavy atom. The fourth-order valence-electron chi connectivity index (χ4n) is 3.51. The highest BCUT2D eigenvalue weighted by Crippen LogP contribution is 2.31. The first-order chi connectivity index (χ1) is 12.1. The quantitative estimate of drug-likeness (QED) is 0.727. The lowest BCUT2D eigenvalue weighted by Crippen LogP contribution is -2.47. The van der Waals surface area contributed by atoms with Gasteiger partial charge in [0.15, 0.2) is 0 Å². The largest absolute Gasteiger partial charge is 0.384 e. The predicted molar refractivity (Wildman–Crippen MR) is 104 cm³/mol. The average molecular weight is 383 g/mol. The second-order valence-corrected chi connectivity index (χ2v) is 6.70. The van der Waals surface area contributed by atoms with Crippen LogP contribution in [0.15, 0.2) is 24.3 Å². The van der Waals surface area contributed by atoms with Crippen molar-refractivity contribution < 1.29 is 14.3 Å². The molecule has 2 fully saturated rings. The van der Waals surface area contributed by atoms with Gasteiger partial charge in [0.1, 0.15) is 0 Å². The van der Waals surface area contributed by atoms with Gasteiger partial charge in [-0.2, -0.15) is 0 Å². The smallest absolute Gasteiger partial charge is 0.321 e. The molecule has 2 aliphatic heterocycles. The van der Waals surface area contributed by atoms with Gasteiger partial charge in [0, 0.05) is 31.6 Å². The Morgan fingerprint density at radius 2 is 2.08 bits per heavy atom. The first kappa shape index (κ1) is 20.5. The zero-order valence-electron chi connectivity index (χ0n) is 15.0. The number of nitrogens with zero attached hydrogens (tertiary/aromatic N) is 1. The van der Waals surface area contributed by atoms with Gasteiger partial charge in [0.25, 0.3) is 0 Å². The average Bonchev–Trinajstić information content (AvgIpc) is 2.63. The summed E-state index contributed by atoms with van der Waals surface area (Å²) in [6.45, 7) is 3.42. The molecule has 0 atom stereocenters. The standard InChI is InChI=1S/C18H26N4O3.ClH/c1-25-13-18(6-9-19-10-7-18)16(23)21-14-4-2-5-15(12-14)22-11-3-8-20-17(22)24;/h2,4-5,12,19H,3,6-11,13H2,1H3,(H,20,24)(H,21,23);1H. The third-order valence-electron chi connectivity index (χ3n) is 4.96. The number of nitrogens with one attached hydrogen (secondary N) is 3. The lowest BCUT2D eigenvalue weighted by molar-refractivity contribution is -0.130. The minimum atomic E-state index is -0.501. The van der Waals surface area contributed by atoms with Gasteiger partial charge in [-0.25, -0.2) is 4.79 Å². The molecule has 8 heteroatoms. The first-order valence-electron chi connectivity index (χ1n) is 8.81. The van der Waals surface area contributed by atoms with Gasteiger partial charge in [-0.05, 0) is 50.6 Å². The van der Waals surface area contributed by atoms with Crippen LogP contribution in [0.3, 0.4) is 0 Å². The summed E-state index contributed by atoms with van der Waals surface area (Å²) in [6.07, 6.45) is 2.41. The van der Waals surface area contributed by atoms with Crippen molar-refractivity contribution in [3.05, 3.63) is 24.3 Å². The molecule has 0 aromatic heterocycles. The van der Waals surface area contributed by atoms with E-state index in [9.17, 15) is 9.59 Å². The summed E-state index contributed by atoms with van der Waals surface area (Å²) in [6, 6.07) is 7.35. The van der Waals surface area contributed by atoms with Crippen LogP contribution < -0.4 is 20.9 Å². The number of urea groups is 1. The van der Waals surface area contributed by atoms with E-state index in [1.54, 1.807) is 12.0 Å². The van der Waals surface area contributed by atoms with Crippen LogP contribution in [0, 0.1) is 5.41 Å². The van der Waals surface area contributed by atoms with E-state index in [1.807, 2.05) is 24.3 Å². The van der Waals surface area contributed by atoms with E-state index in [0.717, 1.165) is 38.0 Å². The normalized spacial score (nSPS) is 19.3. The highest BCUT2D eigenvalue weighted by molar-refractivity contribution is 5.97. The highest BCUT2D eigenvalue weighted by atomic mass is 35.5. The van der Waals surface area contributed by atoms with Crippen LogP contribution in [-0.4, -0.2) is 51.8 Å². The number of hydrogen-bond acceptors (Lipinski definition) is 4. The second-order valence-electron chi connectivity index (χ2n) is 6.70. The lowest BCUT2D eigenvalue weighted by Gasteiger charge is -2.35. The van der Waals surface area contributed by atoms with E-state index in [1.165, 1.54) is 0 Å². The van der Waals surface area contributed by atoms with Crippen LogP contribution >= 0.6 is 12.4 Å². The summed E-state index contributed by atoms with van der Waals surface area (Å²) in [5.74, 6) is -0.0175. The minimum absolute atomic E-state index is 0. The van der Waals surface area contributed by atoms with E-state index in [4.69, 9.17) is 4.74 Å². The fraction of sp³-hybridized carbons (Fsp3) is 0.556. The minimum Gasteiger partial charge on any atom is -0.384 e. The zero-order chi connectivity index (χ0) is 17.7. The number of halogens is 1. The molecule has 2 heterocycles. The monoisotopic (exact) mass is 382 g/mol. The number of amides is 3. The van der Waals surface area contributed by atoms with E-state index < -0.39 is 5.41 Å². The van der Waals surface area contributed by atoms with E-state index in [-0.39, 0.29) is 24.3 Å². The number of ether oxygens (including phenoxy) is 1. The first-order valence-corrected chi connectivity index (χ1v) is 8.81. The van der Waals surface area contributed by atoms with E-state index in [0.29, 0.717) is 25.4 Å². The number of methoxy groups -OCH3 is 1. The van der Waals surface area contributed by atoms with Crippen molar-refractivity contribution in [2.24, 2.45) is 5.41 Å². The molecule has 0 spiro atoms. The molecule has 3 N–H and O–H groups in total. The van der Waals surface area contributed by atoms with Crippen LogP contribution in [0.2, 0.25) is 0 Å². The maximum Gasteiger partial charge on any atom is 0.321 e. The SMILES string of the molecule is COCC1(C(=O)Nc2cccc(N3CCCNC3=O)c2)CCNCC1.Cl. The third kappa shape index (κ3) is 4.47. The Labute approximate surface area is 160 Å². The van der Waals surface area contributed by atoms with Gasteiger partial charge in [-0.1, -0.05) is 6.07 Å². The summed E-state index contributed by atoms with van der Waals surface area (Å²) in [7, 11) is 1.63. The van der Waals surface area contributed by atoms with E-state index in [2.05, 4.69) is 16.0 Å². The van der Waals surface area contributed by atoms with Crippen molar-refractivity contribution >= 4 is 35.7 Å². The van der Waals surface area contributed by atoms with Gasteiger partial charge >= 0.3 is 6.03 Å². The molecule has 26 heavy (non-hydrogen) atoms. The summed E-state index contributed by atoms with van der Waals surface area (Å²) in [5.41, 5.74) is 0.995. The van der Waals surface area contributed by atoms with Crippen LogP contribution in [0.25, 0.3) is 0 Å². The molecule has 0 unspecified atom stereocenters. The van der Waals surface area contributed by atoms with Crippen molar-refractivity contribution in [3.63, 3.8) is 0 Å². The fourth-order valence-corrected chi connectivity index (χ4v) is 3.51. The summed E-state index contributed by atoms with van der Waals surface area (Å²) in [5, 5.41) is 9.15. The number of piperidine rings is 1. The van der Waals surface area contributed by atoms with Gasteiger partial charge in [0.2, 0.25) is 5.91 Å². The molecule has 2 saturated heterocycles. The van der Waals surface area contributed by atoms with Gasteiger partial charge in [-0.3, -0.25) is 9.69 Å². The second kappa shape index (κ2) is 9.21. The Morgan fingerprint density at radius 1 is 1.31 bits per heavy atom. The summed E-state index contributed by atoms with van der Waals surface area (Å²) >= 11 is 0. The molecule has 0 bridgehead atoms. The number of rotatable bonds is 5. The van der Waals surface area contributed by atoms with Crippen LogP contribution in [0.1, 0.15) is 19.3 Å². The molecule has 1 aromatic carbocycles. The van der Waals surface area contributed by atoms with Gasteiger partial charge < -0.3 is 20.7 Å². The van der Waals surface area contributed by atoms with Crippen molar-refractivity contribution in [1.29, 1.82) is 0 Å². The molecule has 0 aliphatic carbocycles. The number of benzene rings is 1. The lowest BCUT2D eigenvalue weighted by atomic mass is 9.78. The van der Waals surface area contributed by atoms with Crippen LogP contribution in [0.4, 0.5) is 16.2 Å². The Balaban J connectivity index is 0.00000243. The van der Waals surface area contributed by atoms with Crippen LogP contribution in [-0.2, 0) is 9.53 Å². The van der Waals surface area contributed by atoms with Crippen LogP contribution in [0.5, 0.6) is 0 Å². The molecule has 1 aromatic rings. The third-order valence-corrected chi connectivity index (χ3v) is 4.96. The Hall–Kier alpha value is -1.83. The number of hydrogen-bond donors (Lipinski definition) is 3. The molecule has 3 amide bonds. The molecule has 2 aliphatic rings. The van der Waals surface area contributed by atoms with Gasteiger partial charge in [-0.15, -0.1) is 12.4 Å². The number of anilines is 2. The highest BCUT2D eigenvalue weighted by Gasteiger charge is 2.39. The summed E-state index contributed by atoms with van der Waals surface area (Å²) in [4.78, 5) is 26.6. The molecule has 144 valence electrons. The predicted octanol–water partition coefficient (Wildman–Crippen LogP) is 1.98. The number of carbonyl (C=O) groups is 2. The number of carbonyl (C=O) groups excluding carboxylic acids is 2. The molecular formula is C18H27ClN4O3. The molecule has 0 saturated carbocycles. The molecular weight excluding hydrogens is 356 g/mol. The van der Waals surface area contributed by atoms with E-state index >= 15 is 0 Å². The Kier molecular flexibility index (Phi) is 7.25. The van der Waals surface area contributed by atoms with Crippen molar-refractivity contribution in [1.82, 2.24) is 10.6 Å². The maximum atomic E-state index is 12.9. The summed E-state index contributed by atoms with van der Waals surface area (Å²) < 4.78 is 5.33. The molecule has 0 radical (unpaired) electrons. The molecule has 7 nitrogen and oxygen atoms in total. The zero-order valence-corrected chi connectivity index (χ0v) is 15.9. The van der Waals surface area contributed by atoms with Crippen molar-refractivity contribution in [2.75, 3.05) is 50.1 Å². The van der Waals surface area contributed by atoms with Crippen molar-refractivity contribution in [3.8, 4) is 0 Å².